The van der Waals surface area contributed by atoms with Gasteiger partial charge in [0.25, 0.3) is 0 Å². The van der Waals surface area contributed by atoms with E-state index in [-0.39, 0.29) is 17.2 Å². The molecule has 2 N–H and O–H groups in total. The maximum atomic E-state index is 12.4. The Morgan fingerprint density at radius 2 is 1.78 bits per heavy atom. The lowest BCUT2D eigenvalue weighted by Crippen LogP contribution is -2.47. The van der Waals surface area contributed by atoms with Crippen LogP contribution in [0.2, 0.25) is 0 Å². The van der Waals surface area contributed by atoms with Crippen molar-refractivity contribution in [1.82, 2.24) is 15.4 Å². The summed E-state index contributed by atoms with van der Waals surface area (Å²) in [5.41, 5.74) is 9.43. The van der Waals surface area contributed by atoms with Gasteiger partial charge in [0, 0.05) is 42.1 Å². The Morgan fingerprint density at radius 3 is 2.45 bits per heavy atom. The number of amides is 2. The number of para-hydroxylation sites is 1. The molecule has 1 unspecified atom stereocenters. The van der Waals surface area contributed by atoms with Crippen molar-refractivity contribution >= 4 is 28.9 Å². The van der Waals surface area contributed by atoms with E-state index in [0.717, 1.165) is 96.9 Å². The van der Waals surface area contributed by atoms with E-state index in [9.17, 15) is 14.9 Å². The van der Waals surface area contributed by atoms with Gasteiger partial charge in [-0.2, -0.15) is 5.26 Å². The molecule has 1 atom stereocenters. The first-order valence-electron chi connectivity index (χ1n) is 17.5. The number of rotatable bonds is 10. The molecule has 9 nitrogen and oxygen atoms in total. The number of likely N-dealkylation sites (tertiary alicyclic amines) is 1. The van der Waals surface area contributed by atoms with Gasteiger partial charge in [-0.3, -0.25) is 19.8 Å². The molecule has 49 heavy (non-hydrogen) atoms. The summed E-state index contributed by atoms with van der Waals surface area (Å²) in [5.74, 6) is 0.846. The van der Waals surface area contributed by atoms with Crippen LogP contribution < -0.4 is 15.5 Å². The van der Waals surface area contributed by atoms with Crippen LogP contribution in [0.5, 0.6) is 0 Å². The third kappa shape index (κ3) is 6.83. The maximum Gasteiger partial charge on any atom is 0.249 e. The topological polar surface area (TPSA) is 114 Å². The molecule has 2 amide bonds. The van der Waals surface area contributed by atoms with E-state index in [1.807, 2.05) is 32.0 Å². The van der Waals surface area contributed by atoms with Gasteiger partial charge in [-0.1, -0.05) is 47.6 Å². The number of anilines is 3. The van der Waals surface area contributed by atoms with Gasteiger partial charge < -0.3 is 14.7 Å². The molecule has 0 bridgehead atoms. The maximum absolute atomic E-state index is 12.4. The van der Waals surface area contributed by atoms with E-state index in [0.29, 0.717) is 18.8 Å². The summed E-state index contributed by atoms with van der Waals surface area (Å²) in [6.07, 6.45) is 4.85. The minimum absolute atomic E-state index is 0.205. The van der Waals surface area contributed by atoms with Crippen molar-refractivity contribution in [2.75, 3.05) is 29.9 Å². The molecular weight excluding hydrogens is 612 g/mol. The highest BCUT2D eigenvalue weighted by Crippen LogP contribution is 2.48. The van der Waals surface area contributed by atoms with Gasteiger partial charge in [0.05, 0.1) is 17.2 Å². The van der Waals surface area contributed by atoms with E-state index < -0.39 is 6.04 Å². The summed E-state index contributed by atoms with van der Waals surface area (Å²) in [5, 5.41) is 19.9. The molecule has 1 aliphatic carbocycles. The Labute approximate surface area is 288 Å². The highest BCUT2D eigenvalue weighted by Gasteiger charge is 2.44. The van der Waals surface area contributed by atoms with Crippen molar-refractivity contribution in [3.63, 3.8) is 0 Å². The monoisotopic (exact) mass is 656 g/mol. The van der Waals surface area contributed by atoms with Crippen molar-refractivity contribution in [2.45, 2.75) is 77.3 Å². The predicted octanol–water partition coefficient (Wildman–Crippen LogP) is 7.09. The zero-order valence-electron chi connectivity index (χ0n) is 28.6. The highest BCUT2D eigenvalue weighted by atomic mass is 16.5. The van der Waals surface area contributed by atoms with E-state index in [4.69, 9.17) is 4.52 Å². The number of nitrogens with zero attached hydrogens (tertiary/aromatic N) is 4. The number of nitrogens with one attached hydrogen (secondary N) is 2. The van der Waals surface area contributed by atoms with Crippen LogP contribution in [0, 0.1) is 38.0 Å². The molecule has 252 valence electrons. The molecule has 2 saturated heterocycles. The molecule has 1 saturated carbocycles. The average molecular weight is 657 g/mol. The fraction of sp³-hybridized carbons (Fsp3) is 0.400. The Balaban J connectivity index is 1.08. The third-order valence-corrected chi connectivity index (χ3v) is 10.6. The van der Waals surface area contributed by atoms with Crippen molar-refractivity contribution in [3.8, 4) is 17.2 Å². The fourth-order valence-electron chi connectivity index (χ4n) is 7.49. The second-order valence-electron chi connectivity index (χ2n) is 14.1. The van der Waals surface area contributed by atoms with Gasteiger partial charge >= 0.3 is 0 Å². The van der Waals surface area contributed by atoms with Crippen LogP contribution in [0.15, 0.2) is 71.3 Å². The highest BCUT2D eigenvalue weighted by molar-refractivity contribution is 6.01. The van der Waals surface area contributed by atoms with E-state index in [1.54, 1.807) is 0 Å². The predicted molar refractivity (Wildman–Crippen MR) is 190 cm³/mol. The molecule has 9 heteroatoms. The number of piperidine rings is 2. The van der Waals surface area contributed by atoms with E-state index >= 15 is 0 Å². The van der Waals surface area contributed by atoms with Gasteiger partial charge in [0.2, 0.25) is 11.8 Å². The number of aryl methyl sites for hydroxylation is 3. The number of carbonyl (C=O) groups excluding carboxylic acids is 2. The molecule has 2 aliphatic heterocycles. The molecular formula is C40H44N6O3. The zero-order valence-corrected chi connectivity index (χ0v) is 28.6. The van der Waals surface area contributed by atoms with Crippen LogP contribution >= 0.6 is 0 Å². The molecule has 3 aromatic carbocycles. The zero-order chi connectivity index (χ0) is 34.1. The number of benzene rings is 3. The lowest BCUT2D eigenvalue weighted by molar-refractivity contribution is -0.133. The number of hydrogen-bond donors (Lipinski definition) is 2. The number of imide groups is 1. The molecule has 1 aromatic heterocycles. The quantitative estimate of drug-likeness (QED) is 0.174. The van der Waals surface area contributed by atoms with Crippen LogP contribution in [0.4, 0.5) is 17.1 Å². The van der Waals surface area contributed by atoms with Crippen molar-refractivity contribution in [3.05, 3.63) is 94.9 Å². The summed E-state index contributed by atoms with van der Waals surface area (Å²) in [6, 6.07) is 25.6. The summed E-state index contributed by atoms with van der Waals surface area (Å²) < 4.78 is 5.53. The van der Waals surface area contributed by atoms with Crippen molar-refractivity contribution < 1.29 is 14.1 Å². The first kappa shape index (κ1) is 32.6. The summed E-state index contributed by atoms with van der Waals surface area (Å²) in [6.45, 7) is 9.77. The summed E-state index contributed by atoms with van der Waals surface area (Å²) >= 11 is 0. The van der Waals surface area contributed by atoms with Crippen molar-refractivity contribution in [1.29, 1.82) is 5.26 Å². The third-order valence-electron chi connectivity index (χ3n) is 10.6. The minimum atomic E-state index is -0.404. The van der Waals surface area contributed by atoms with Gasteiger partial charge in [-0.15, -0.1) is 0 Å². The first-order valence-corrected chi connectivity index (χ1v) is 17.5. The molecule has 3 heterocycles. The largest absolute Gasteiger partial charge is 0.373 e. The second-order valence-corrected chi connectivity index (χ2v) is 14.1. The Kier molecular flexibility index (Phi) is 9.00. The van der Waals surface area contributed by atoms with Crippen molar-refractivity contribution in [2.24, 2.45) is 5.92 Å². The van der Waals surface area contributed by atoms with Gasteiger partial charge in [0.1, 0.15) is 11.8 Å². The van der Waals surface area contributed by atoms with Gasteiger partial charge in [-0.05, 0) is 118 Å². The number of nitriles is 1. The lowest BCUT2D eigenvalue weighted by atomic mass is 9.93. The SMILES string of the molecule is Cc1ccc(-c2c(C)noc2C)cc1N(CC1CCN(Cc2ccccc2NC2CCC(=O)NC2=O)CC1)c1ccc(C2(C#N)CC2)cc1. The van der Waals surface area contributed by atoms with Gasteiger partial charge in [0.15, 0.2) is 0 Å². The average Bonchev–Trinajstić information content (AvgIpc) is 3.84. The lowest BCUT2D eigenvalue weighted by Gasteiger charge is -2.37. The smallest absolute Gasteiger partial charge is 0.249 e. The molecule has 4 aromatic rings. The van der Waals surface area contributed by atoms with Crippen LogP contribution in [0.3, 0.4) is 0 Å². The molecule has 0 spiro atoms. The number of aromatic nitrogens is 1. The van der Waals surface area contributed by atoms with Crippen LogP contribution in [0.25, 0.3) is 11.1 Å². The van der Waals surface area contributed by atoms with E-state index in [2.05, 4.69) is 87.1 Å². The van der Waals surface area contributed by atoms with Gasteiger partial charge in [-0.25, -0.2) is 0 Å². The Bertz CT molecular complexity index is 1880. The summed E-state index contributed by atoms with van der Waals surface area (Å²) in [4.78, 5) is 29.0. The Hall–Kier alpha value is -4.94. The molecule has 0 radical (unpaired) electrons. The number of carbonyl (C=O) groups is 2. The normalized spacial score (nSPS) is 19.3. The second kappa shape index (κ2) is 13.5. The first-order chi connectivity index (χ1) is 23.7. The molecule has 3 fully saturated rings. The fourth-order valence-corrected chi connectivity index (χ4v) is 7.49. The summed E-state index contributed by atoms with van der Waals surface area (Å²) in [7, 11) is 0. The minimum Gasteiger partial charge on any atom is -0.373 e. The standard InChI is InChI=1S/C40H44N6O3/c1-26-8-9-30(38-27(2)44-49-28(38)3)22-36(26)46(33-12-10-32(11-13-33)40(25-41)18-19-40)23-29-16-20-45(21-17-29)24-31-6-4-5-7-34(31)42-35-14-15-37(47)43-39(35)48/h4-13,22,29,35,42H,14-21,23-24H2,1-3H3,(H,43,47,48). The molecule has 7 rings (SSSR count). The van der Waals surface area contributed by atoms with E-state index in [1.165, 1.54) is 11.3 Å². The van der Waals surface area contributed by atoms with Crippen LogP contribution in [0.1, 0.15) is 66.7 Å². The van der Waals surface area contributed by atoms with Crippen LogP contribution in [-0.4, -0.2) is 47.5 Å². The number of hydrogen-bond acceptors (Lipinski definition) is 8. The Morgan fingerprint density at radius 1 is 1.02 bits per heavy atom. The molecule has 3 aliphatic rings. The van der Waals surface area contributed by atoms with Crippen LogP contribution in [-0.2, 0) is 21.5 Å².